The van der Waals surface area contributed by atoms with Crippen LogP contribution in [0.3, 0.4) is 0 Å². The molecule has 2 aromatic rings. The lowest BCUT2D eigenvalue weighted by Gasteiger charge is -1.93. The highest BCUT2D eigenvalue weighted by molar-refractivity contribution is 5.49. The van der Waals surface area contributed by atoms with E-state index in [1.807, 2.05) is 13.0 Å². The van der Waals surface area contributed by atoms with Crippen LogP contribution in [-0.4, -0.2) is 5.11 Å². The highest BCUT2D eigenvalue weighted by atomic mass is 16.3. The number of hydrogen-bond donors (Lipinski definition) is 1. The van der Waals surface area contributed by atoms with Gasteiger partial charge in [0.25, 0.3) is 0 Å². The van der Waals surface area contributed by atoms with Crippen molar-refractivity contribution in [2.75, 3.05) is 0 Å². The summed E-state index contributed by atoms with van der Waals surface area (Å²) in [4.78, 5) is 0. The van der Waals surface area contributed by atoms with Crippen molar-refractivity contribution in [2.24, 2.45) is 0 Å². The molecule has 1 nitrogen and oxygen atoms in total. The van der Waals surface area contributed by atoms with Gasteiger partial charge < -0.3 is 5.11 Å². The molecule has 2 aromatic carbocycles. The van der Waals surface area contributed by atoms with Crippen molar-refractivity contribution in [1.82, 2.24) is 0 Å². The Hall–Kier alpha value is -2.02. The van der Waals surface area contributed by atoms with Gasteiger partial charge in [0.1, 0.15) is 5.75 Å². The van der Waals surface area contributed by atoms with Crippen LogP contribution in [0.1, 0.15) is 18.1 Å². The quantitative estimate of drug-likeness (QED) is 0.763. The fraction of sp³-hybridized carbons (Fsp3) is 0.125. The van der Waals surface area contributed by atoms with E-state index in [9.17, 15) is 0 Å². The molecule has 1 N–H and O–H groups in total. The molecule has 0 bridgehead atoms. The molecule has 2 rings (SSSR count). The van der Waals surface area contributed by atoms with Crippen LogP contribution in [0.4, 0.5) is 0 Å². The highest BCUT2D eigenvalue weighted by Gasteiger charge is 1.84. The Balaban J connectivity index is 0.000000181. The number of aromatic hydroxyl groups is 1. The molecule has 0 heterocycles. The van der Waals surface area contributed by atoms with E-state index in [0.717, 1.165) is 0 Å². The van der Waals surface area contributed by atoms with Crippen LogP contribution in [0.5, 0.6) is 5.75 Å². The number of aryl methyl sites for hydroxylation is 1. The molecule has 0 unspecified atom stereocenters. The van der Waals surface area contributed by atoms with E-state index in [0.29, 0.717) is 5.75 Å². The lowest BCUT2D eigenvalue weighted by molar-refractivity contribution is 0.475. The van der Waals surface area contributed by atoms with Crippen molar-refractivity contribution in [3.05, 3.63) is 71.8 Å². The number of phenolic OH excluding ortho intramolecular Hbond substituents is 1. The van der Waals surface area contributed by atoms with E-state index in [2.05, 4.69) is 43.3 Å². The number of para-hydroxylation sites is 1. The van der Waals surface area contributed by atoms with E-state index in [1.54, 1.807) is 24.3 Å². The molecule has 0 amide bonds. The lowest BCUT2D eigenvalue weighted by atomic mass is 10.1. The van der Waals surface area contributed by atoms with Crippen LogP contribution < -0.4 is 0 Å². The Morgan fingerprint density at radius 3 is 2.12 bits per heavy atom. The normalized spacial score (nSPS) is 9.76. The molecule has 0 saturated heterocycles. The van der Waals surface area contributed by atoms with Crippen LogP contribution in [-0.2, 0) is 0 Å². The molecule has 88 valence electrons. The monoisotopic (exact) mass is 226 g/mol. The van der Waals surface area contributed by atoms with Gasteiger partial charge in [-0.1, -0.05) is 60.2 Å². The van der Waals surface area contributed by atoms with Crippen molar-refractivity contribution >= 4 is 6.08 Å². The predicted octanol–water partition coefficient (Wildman–Crippen LogP) is 4.42. The van der Waals surface area contributed by atoms with Gasteiger partial charge in [0.15, 0.2) is 0 Å². The van der Waals surface area contributed by atoms with Gasteiger partial charge in [-0.25, -0.2) is 0 Å². The first-order valence-electron chi connectivity index (χ1n) is 5.66. The van der Waals surface area contributed by atoms with Crippen LogP contribution >= 0.6 is 0 Å². The Morgan fingerprint density at radius 2 is 1.65 bits per heavy atom. The lowest BCUT2D eigenvalue weighted by Crippen LogP contribution is -1.72. The van der Waals surface area contributed by atoms with Crippen molar-refractivity contribution in [1.29, 1.82) is 0 Å². The van der Waals surface area contributed by atoms with E-state index in [1.165, 1.54) is 11.1 Å². The summed E-state index contributed by atoms with van der Waals surface area (Å²) in [5.41, 5.74) is 2.60. The Morgan fingerprint density at radius 1 is 0.941 bits per heavy atom. The zero-order chi connectivity index (χ0) is 12.5. The molecule has 0 aliphatic carbocycles. The first-order chi connectivity index (χ1) is 8.22. The topological polar surface area (TPSA) is 20.2 Å². The molecular formula is C16H18O. The average molecular weight is 226 g/mol. The van der Waals surface area contributed by atoms with Gasteiger partial charge in [0.05, 0.1) is 0 Å². The second kappa shape index (κ2) is 7.29. The van der Waals surface area contributed by atoms with E-state index < -0.39 is 0 Å². The minimum Gasteiger partial charge on any atom is -0.508 e. The predicted molar refractivity (Wildman–Crippen MR) is 74.0 cm³/mol. The molecule has 1 heteroatoms. The van der Waals surface area contributed by atoms with Crippen LogP contribution in [0.2, 0.25) is 0 Å². The number of phenols is 1. The molecule has 0 spiro atoms. The van der Waals surface area contributed by atoms with E-state index in [-0.39, 0.29) is 0 Å². The zero-order valence-electron chi connectivity index (χ0n) is 10.3. The molecule has 0 saturated carbocycles. The molecule has 0 aromatic heterocycles. The fourth-order valence-corrected chi connectivity index (χ4v) is 1.39. The molecule has 0 fully saturated rings. The Kier molecular flexibility index (Phi) is 5.59. The van der Waals surface area contributed by atoms with Crippen molar-refractivity contribution in [3.63, 3.8) is 0 Å². The number of rotatable bonds is 1. The first kappa shape index (κ1) is 13.0. The zero-order valence-corrected chi connectivity index (χ0v) is 10.3. The summed E-state index contributed by atoms with van der Waals surface area (Å²) in [6, 6.07) is 17.2. The van der Waals surface area contributed by atoms with Crippen LogP contribution in [0.15, 0.2) is 60.7 Å². The standard InChI is InChI=1S/C10H12.C6H6O/c1-3-5-10-7-4-6-9(2)8-10;7-6-4-2-1-3-5-6/h3-8H,1-2H3;1-5,7H. The maximum atomic E-state index is 8.63. The number of hydrogen-bond acceptors (Lipinski definition) is 1. The molecule has 17 heavy (non-hydrogen) atoms. The molecule has 0 aliphatic rings. The SMILES string of the molecule is CC=Cc1cccc(C)c1.Oc1ccccc1. The van der Waals surface area contributed by atoms with Gasteiger partial charge in [0, 0.05) is 0 Å². The molecular weight excluding hydrogens is 208 g/mol. The summed E-state index contributed by atoms with van der Waals surface area (Å²) in [7, 11) is 0. The van der Waals surface area contributed by atoms with Crippen molar-refractivity contribution in [2.45, 2.75) is 13.8 Å². The van der Waals surface area contributed by atoms with Gasteiger partial charge in [-0.2, -0.15) is 0 Å². The third-order valence-electron chi connectivity index (χ3n) is 2.16. The Bertz CT molecular complexity index is 458. The third-order valence-corrected chi connectivity index (χ3v) is 2.16. The first-order valence-corrected chi connectivity index (χ1v) is 5.66. The van der Waals surface area contributed by atoms with Gasteiger partial charge in [-0.05, 0) is 31.5 Å². The maximum absolute atomic E-state index is 8.63. The van der Waals surface area contributed by atoms with Gasteiger partial charge in [0.2, 0.25) is 0 Å². The van der Waals surface area contributed by atoms with E-state index >= 15 is 0 Å². The summed E-state index contributed by atoms with van der Waals surface area (Å²) in [6.07, 6.45) is 4.15. The summed E-state index contributed by atoms with van der Waals surface area (Å²) in [5.74, 6) is 0.322. The van der Waals surface area contributed by atoms with Gasteiger partial charge in [-0.3, -0.25) is 0 Å². The minimum atomic E-state index is 0.322. The molecule has 0 atom stereocenters. The average Bonchev–Trinajstić information content (AvgIpc) is 2.31. The second-order valence-electron chi connectivity index (χ2n) is 3.75. The second-order valence-corrected chi connectivity index (χ2v) is 3.75. The third kappa shape index (κ3) is 5.57. The van der Waals surface area contributed by atoms with Crippen molar-refractivity contribution in [3.8, 4) is 5.75 Å². The number of allylic oxidation sites excluding steroid dienone is 1. The highest BCUT2D eigenvalue weighted by Crippen LogP contribution is 2.05. The van der Waals surface area contributed by atoms with Gasteiger partial charge in [-0.15, -0.1) is 0 Å². The number of benzene rings is 2. The van der Waals surface area contributed by atoms with Crippen LogP contribution in [0.25, 0.3) is 6.08 Å². The summed E-state index contributed by atoms with van der Waals surface area (Å²) in [5, 5.41) is 8.63. The Labute approximate surface area is 103 Å². The van der Waals surface area contributed by atoms with Crippen LogP contribution in [0, 0.1) is 6.92 Å². The van der Waals surface area contributed by atoms with E-state index in [4.69, 9.17) is 5.11 Å². The maximum Gasteiger partial charge on any atom is 0.115 e. The minimum absolute atomic E-state index is 0.322. The summed E-state index contributed by atoms with van der Waals surface area (Å²) >= 11 is 0. The fourth-order valence-electron chi connectivity index (χ4n) is 1.39. The summed E-state index contributed by atoms with van der Waals surface area (Å²) in [6.45, 7) is 4.13. The molecule has 0 radical (unpaired) electrons. The summed E-state index contributed by atoms with van der Waals surface area (Å²) < 4.78 is 0. The van der Waals surface area contributed by atoms with Crippen molar-refractivity contribution < 1.29 is 5.11 Å². The largest absolute Gasteiger partial charge is 0.508 e. The smallest absolute Gasteiger partial charge is 0.115 e. The van der Waals surface area contributed by atoms with Gasteiger partial charge >= 0.3 is 0 Å². The molecule has 0 aliphatic heterocycles.